The van der Waals surface area contributed by atoms with E-state index in [1.807, 2.05) is 0 Å². The third-order valence-corrected chi connectivity index (χ3v) is 4.22. The minimum absolute atomic E-state index is 0.464. The Morgan fingerprint density at radius 1 is 1.29 bits per heavy atom. The van der Waals surface area contributed by atoms with Gasteiger partial charge in [0.25, 0.3) is 0 Å². The molecular formula is C16H24O. The Morgan fingerprint density at radius 2 is 1.94 bits per heavy atom. The van der Waals surface area contributed by atoms with Gasteiger partial charge in [0.15, 0.2) is 0 Å². The van der Waals surface area contributed by atoms with Crippen molar-refractivity contribution in [2.45, 2.75) is 58.5 Å². The number of rotatable bonds is 2. The molecule has 1 saturated carbocycles. The van der Waals surface area contributed by atoms with Crippen LogP contribution in [0.2, 0.25) is 0 Å². The van der Waals surface area contributed by atoms with E-state index in [2.05, 4.69) is 39.0 Å². The first kappa shape index (κ1) is 12.6. The molecule has 0 bridgehead atoms. The number of hydrogen-bond acceptors (Lipinski definition) is 1. The zero-order valence-electron chi connectivity index (χ0n) is 11.3. The summed E-state index contributed by atoms with van der Waals surface area (Å²) in [6.45, 7) is 6.56. The second-order valence-electron chi connectivity index (χ2n) is 5.97. The molecule has 1 heteroatoms. The van der Waals surface area contributed by atoms with Crippen LogP contribution >= 0.6 is 0 Å². The molecule has 0 saturated heterocycles. The normalized spacial score (nSPS) is 29.3. The second-order valence-corrected chi connectivity index (χ2v) is 5.97. The van der Waals surface area contributed by atoms with Crippen LogP contribution in [0.5, 0.6) is 0 Å². The molecule has 1 nitrogen and oxygen atoms in total. The number of benzene rings is 1. The van der Waals surface area contributed by atoms with Crippen molar-refractivity contribution in [1.29, 1.82) is 0 Å². The highest BCUT2D eigenvalue weighted by Crippen LogP contribution is 2.35. The van der Waals surface area contributed by atoms with Crippen LogP contribution in [0, 0.1) is 19.8 Å². The first-order chi connectivity index (χ1) is 8.00. The summed E-state index contributed by atoms with van der Waals surface area (Å²) in [4.78, 5) is 0. The molecule has 1 fully saturated rings. The molecule has 1 aliphatic carbocycles. The molecule has 2 unspecified atom stereocenters. The van der Waals surface area contributed by atoms with Crippen molar-refractivity contribution in [3.05, 3.63) is 34.9 Å². The fraction of sp³-hybridized carbons (Fsp3) is 0.625. The summed E-state index contributed by atoms with van der Waals surface area (Å²) >= 11 is 0. The van der Waals surface area contributed by atoms with Gasteiger partial charge in [-0.1, -0.05) is 38.0 Å². The summed E-state index contributed by atoms with van der Waals surface area (Å²) in [6, 6.07) is 6.40. The molecule has 2 atom stereocenters. The summed E-state index contributed by atoms with van der Waals surface area (Å²) < 4.78 is 0. The van der Waals surface area contributed by atoms with Gasteiger partial charge in [-0.3, -0.25) is 0 Å². The molecule has 1 N–H and O–H groups in total. The van der Waals surface area contributed by atoms with Crippen molar-refractivity contribution in [3.8, 4) is 0 Å². The maximum Gasteiger partial charge on any atom is 0.0690 e. The van der Waals surface area contributed by atoms with E-state index in [1.54, 1.807) is 0 Å². The van der Waals surface area contributed by atoms with Gasteiger partial charge < -0.3 is 5.11 Å². The Kier molecular flexibility index (Phi) is 3.58. The lowest BCUT2D eigenvalue weighted by Crippen LogP contribution is -2.37. The summed E-state index contributed by atoms with van der Waals surface area (Å²) in [5.74, 6) is 0.665. The number of aliphatic hydroxyl groups is 1. The number of hydrogen-bond donors (Lipinski definition) is 1. The monoisotopic (exact) mass is 232 g/mol. The Hall–Kier alpha value is -0.820. The molecule has 2 rings (SSSR count). The van der Waals surface area contributed by atoms with Gasteiger partial charge in [0.05, 0.1) is 5.60 Å². The van der Waals surface area contributed by atoms with E-state index in [9.17, 15) is 5.11 Å². The van der Waals surface area contributed by atoms with Crippen molar-refractivity contribution in [1.82, 2.24) is 0 Å². The molecule has 0 aromatic heterocycles. The van der Waals surface area contributed by atoms with E-state index >= 15 is 0 Å². The van der Waals surface area contributed by atoms with Gasteiger partial charge in [-0.05, 0) is 49.3 Å². The quantitative estimate of drug-likeness (QED) is 0.822. The lowest BCUT2D eigenvalue weighted by molar-refractivity contribution is -0.0126. The van der Waals surface area contributed by atoms with Crippen molar-refractivity contribution < 1.29 is 5.11 Å². The van der Waals surface area contributed by atoms with Gasteiger partial charge in [0, 0.05) is 6.42 Å². The van der Waals surface area contributed by atoms with Gasteiger partial charge in [0.1, 0.15) is 0 Å². The molecule has 0 radical (unpaired) electrons. The SMILES string of the molecule is Cc1cccc(C)c1CC1(O)CCCC(C)C1. The van der Waals surface area contributed by atoms with Crippen molar-refractivity contribution >= 4 is 0 Å². The van der Waals surface area contributed by atoms with E-state index in [4.69, 9.17) is 0 Å². The summed E-state index contributed by atoms with van der Waals surface area (Å²) in [5, 5.41) is 10.7. The summed E-state index contributed by atoms with van der Waals surface area (Å²) in [7, 11) is 0. The topological polar surface area (TPSA) is 20.2 Å². The lowest BCUT2D eigenvalue weighted by atomic mass is 9.75. The van der Waals surface area contributed by atoms with Crippen molar-refractivity contribution in [2.75, 3.05) is 0 Å². The largest absolute Gasteiger partial charge is 0.390 e. The number of aryl methyl sites for hydroxylation is 2. The van der Waals surface area contributed by atoms with Crippen molar-refractivity contribution in [3.63, 3.8) is 0 Å². The van der Waals surface area contributed by atoms with Gasteiger partial charge in [-0.2, -0.15) is 0 Å². The van der Waals surface area contributed by atoms with Crippen LogP contribution in [0.1, 0.15) is 49.3 Å². The summed E-state index contributed by atoms with van der Waals surface area (Å²) in [6.07, 6.45) is 5.19. The van der Waals surface area contributed by atoms with Crippen LogP contribution < -0.4 is 0 Å². The fourth-order valence-electron chi connectivity index (χ4n) is 3.25. The zero-order chi connectivity index (χ0) is 12.5. The van der Waals surface area contributed by atoms with Crippen LogP contribution in [0.15, 0.2) is 18.2 Å². The Balaban J connectivity index is 2.19. The maximum absolute atomic E-state index is 10.7. The third kappa shape index (κ3) is 2.90. The van der Waals surface area contributed by atoms with E-state index in [0.717, 1.165) is 19.3 Å². The first-order valence-electron chi connectivity index (χ1n) is 6.78. The average Bonchev–Trinajstić information content (AvgIpc) is 2.23. The highest BCUT2D eigenvalue weighted by Gasteiger charge is 2.33. The van der Waals surface area contributed by atoms with E-state index in [0.29, 0.717) is 5.92 Å². The molecule has 0 aliphatic heterocycles. The zero-order valence-corrected chi connectivity index (χ0v) is 11.3. The molecule has 1 aromatic rings. The molecule has 1 aliphatic rings. The van der Waals surface area contributed by atoms with Crippen LogP contribution in [-0.2, 0) is 6.42 Å². The Labute approximate surface area is 105 Å². The van der Waals surface area contributed by atoms with Crippen molar-refractivity contribution in [2.24, 2.45) is 5.92 Å². The van der Waals surface area contributed by atoms with Gasteiger partial charge in [0.2, 0.25) is 0 Å². The predicted molar refractivity (Wildman–Crippen MR) is 72.2 cm³/mol. The molecule has 0 spiro atoms. The van der Waals surface area contributed by atoms with Crippen LogP contribution in [0.4, 0.5) is 0 Å². The Bertz CT molecular complexity index is 376. The van der Waals surface area contributed by atoms with Crippen LogP contribution in [0.3, 0.4) is 0 Å². The molecule has 0 amide bonds. The van der Waals surface area contributed by atoms with E-state index in [1.165, 1.54) is 29.5 Å². The molecular weight excluding hydrogens is 208 g/mol. The van der Waals surface area contributed by atoms with E-state index in [-0.39, 0.29) is 0 Å². The highest BCUT2D eigenvalue weighted by molar-refractivity contribution is 5.34. The van der Waals surface area contributed by atoms with Gasteiger partial charge >= 0.3 is 0 Å². The average molecular weight is 232 g/mol. The highest BCUT2D eigenvalue weighted by atomic mass is 16.3. The second kappa shape index (κ2) is 4.81. The smallest absolute Gasteiger partial charge is 0.0690 e. The molecule has 17 heavy (non-hydrogen) atoms. The van der Waals surface area contributed by atoms with Gasteiger partial charge in [-0.15, -0.1) is 0 Å². The van der Waals surface area contributed by atoms with E-state index < -0.39 is 5.60 Å². The first-order valence-corrected chi connectivity index (χ1v) is 6.78. The van der Waals surface area contributed by atoms with Crippen LogP contribution in [-0.4, -0.2) is 10.7 Å². The fourth-order valence-corrected chi connectivity index (χ4v) is 3.25. The third-order valence-electron chi connectivity index (χ3n) is 4.22. The molecule has 0 heterocycles. The minimum Gasteiger partial charge on any atom is -0.390 e. The lowest BCUT2D eigenvalue weighted by Gasteiger charge is -2.36. The van der Waals surface area contributed by atoms with Gasteiger partial charge in [-0.25, -0.2) is 0 Å². The molecule has 1 aromatic carbocycles. The summed E-state index contributed by atoms with van der Waals surface area (Å²) in [5.41, 5.74) is 3.52. The minimum atomic E-state index is -0.464. The van der Waals surface area contributed by atoms with Crippen LogP contribution in [0.25, 0.3) is 0 Å². The standard InChI is InChI=1S/C16H24O/c1-12-6-5-9-16(17,10-12)11-15-13(2)7-4-8-14(15)3/h4,7-8,12,17H,5-6,9-11H2,1-3H3. The predicted octanol–water partition coefficient (Wildman–Crippen LogP) is 3.79. The maximum atomic E-state index is 10.7. The molecule has 94 valence electrons. The Morgan fingerprint density at radius 3 is 2.53 bits per heavy atom.